The van der Waals surface area contributed by atoms with Crippen molar-refractivity contribution in [2.24, 2.45) is 0 Å². The third-order valence-corrected chi connectivity index (χ3v) is 4.93. The zero-order chi connectivity index (χ0) is 20.6. The fraction of sp³-hybridized carbons (Fsp3) is 0.190. The van der Waals surface area contributed by atoms with Gasteiger partial charge in [-0.1, -0.05) is 42.5 Å². The summed E-state index contributed by atoms with van der Waals surface area (Å²) in [5, 5.41) is 17.7. The number of anilines is 2. The summed E-state index contributed by atoms with van der Waals surface area (Å²) in [6, 6.07) is 16.8. The Morgan fingerprint density at radius 3 is 2.66 bits per heavy atom. The predicted molar refractivity (Wildman–Crippen MR) is 114 cm³/mol. The second-order valence-corrected chi connectivity index (χ2v) is 7.32. The quantitative estimate of drug-likeness (QED) is 0.244. The van der Waals surface area contributed by atoms with Crippen LogP contribution in [-0.4, -0.2) is 34.9 Å². The SMILES string of the molecule is Nc1nc(C(=O)C(=O)Nc2cccc(CCNC[C@H](O)c3ccccc3)c2)cs1. The Kier molecular flexibility index (Phi) is 7.07. The smallest absolute Gasteiger partial charge is 0.298 e. The molecular weight excluding hydrogens is 388 g/mol. The van der Waals surface area contributed by atoms with Crippen molar-refractivity contribution in [2.45, 2.75) is 12.5 Å². The Morgan fingerprint density at radius 1 is 1.14 bits per heavy atom. The number of ketones is 1. The molecule has 1 heterocycles. The van der Waals surface area contributed by atoms with Crippen molar-refractivity contribution in [1.29, 1.82) is 0 Å². The largest absolute Gasteiger partial charge is 0.387 e. The van der Waals surface area contributed by atoms with Gasteiger partial charge in [0.15, 0.2) is 5.13 Å². The molecule has 5 N–H and O–H groups in total. The highest BCUT2D eigenvalue weighted by Crippen LogP contribution is 2.15. The van der Waals surface area contributed by atoms with Gasteiger partial charge >= 0.3 is 0 Å². The van der Waals surface area contributed by atoms with Gasteiger partial charge in [0.25, 0.3) is 11.7 Å². The number of benzene rings is 2. The van der Waals surface area contributed by atoms with Crippen LogP contribution in [0.5, 0.6) is 0 Å². The summed E-state index contributed by atoms with van der Waals surface area (Å²) < 4.78 is 0. The highest BCUT2D eigenvalue weighted by molar-refractivity contribution is 7.13. The monoisotopic (exact) mass is 410 g/mol. The first-order valence-electron chi connectivity index (χ1n) is 9.12. The van der Waals surface area contributed by atoms with Crippen molar-refractivity contribution in [3.8, 4) is 0 Å². The number of hydrogen-bond acceptors (Lipinski definition) is 7. The van der Waals surface area contributed by atoms with E-state index in [1.807, 2.05) is 48.5 Å². The van der Waals surface area contributed by atoms with Crippen molar-refractivity contribution in [3.63, 3.8) is 0 Å². The number of nitrogens with one attached hydrogen (secondary N) is 2. The number of carbonyl (C=O) groups excluding carboxylic acids is 2. The van der Waals surface area contributed by atoms with Crippen molar-refractivity contribution in [3.05, 3.63) is 76.8 Å². The lowest BCUT2D eigenvalue weighted by molar-refractivity contribution is -0.112. The summed E-state index contributed by atoms with van der Waals surface area (Å²) in [4.78, 5) is 28.0. The number of Topliss-reactive ketones (excluding diaryl/α,β-unsaturated/α-hetero) is 1. The van der Waals surface area contributed by atoms with Crippen molar-refractivity contribution < 1.29 is 14.7 Å². The van der Waals surface area contributed by atoms with Gasteiger partial charge in [-0.05, 0) is 36.2 Å². The third-order valence-electron chi connectivity index (χ3n) is 4.26. The van der Waals surface area contributed by atoms with Crippen LogP contribution < -0.4 is 16.4 Å². The number of thiazole rings is 1. The van der Waals surface area contributed by atoms with E-state index < -0.39 is 17.8 Å². The van der Waals surface area contributed by atoms with Gasteiger partial charge < -0.3 is 21.5 Å². The van der Waals surface area contributed by atoms with Gasteiger partial charge in [0, 0.05) is 17.6 Å². The number of nitrogens with two attached hydrogens (primary N) is 1. The van der Waals surface area contributed by atoms with E-state index in [4.69, 9.17) is 5.73 Å². The Hall–Kier alpha value is -3.07. The fourth-order valence-electron chi connectivity index (χ4n) is 2.77. The second-order valence-electron chi connectivity index (χ2n) is 6.44. The molecule has 0 spiro atoms. The van der Waals surface area contributed by atoms with E-state index in [0.717, 1.165) is 22.5 Å². The summed E-state index contributed by atoms with van der Waals surface area (Å²) in [5.41, 5.74) is 7.95. The molecule has 0 radical (unpaired) electrons. The molecule has 0 aliphatic carbocycles. The average Bonchev–Trinajstić information content (AvgIpc) is 3.17. The van der Waals surface area contributed by atoms with Crippen LogP contribution in [0.1, 0.15) is 27.7 Å². The highest BCUT2D eigenvalue weighted by atomic mass is 32.1. The molecule has 0 fully saturated rings. The molecular formula is C21H22N4O3S. The first kappa shape index (κ1) is 20.7. The lowest BCUT2D eigenvalue weighted by Crippen LogP contribution is -2.24. The number of nitrogens with zero attached hydrogens (tertiary/aromatic N) is 1. The number of carbonyl (C=O) groups is 2. The molecule has 150 valence electrons. The molecule has 2 aromatic carbocycles. The fourth-order valence-corrected chi connectivity index (χ4v) is 3.31. The third kappa shape index (κ3) is 5.95. The van der Waals surface area contributed by atoms with Gasteiger partial charge in [0.05, 0.1) is 6.10 Å². The number of aromatic nitrogens is 1. The summed E-state index contributed by atoms with van der Waals surface area (Å²) in [7, 11) is 0. The second kappa shape index (κ2) is 9.92. The number of hydrogen-bond donors (Lipinski definition) is 4. The van der Waals surface area contributed by atoms with Gasteiger partial charge in [-0.2, -0.15) is 0 Å². The minimum absolute atomic E-state index is 0.0438. The molecule has 0 aliphatic rings. The van der Waals surface area contributed by atoms with E-state index in [-0.39, 0.29) is 10.8 Å². The predicted octanol–water partition coefficient (Wildman–Crippen LogP) is 2.41. The molecule has 8 heteroatoms. The van der Waals surface area contributed by atoms with E-state index >= 15 is 0 Å². The molecule has 0 aliphatic heterocycles. The van der Waals surface area contributed by atoms with Crippen LogP contribution in [0, 0.1) is 0 Å². The average molecular weight is 410 g/mol. The Bertz CT molecular complexity index is 975. The lowest BCUT2D eigenvalue weighted by Gasteiger charge is -2.12. The Morgan fingerprint density at radius 2 is 1.93 bits per heavy atom. The van der Waals surface area contributed by atoms with E-state index in [9.17, 15) is 14.7 Å². The molecule has 7 nitrogen and oxygen atoms in total. The first-order valence-corrected chi connectivity index (χ1v) is 10.0. The Balaban J connectivity index is 1.48. The number of amides is 1. The molecule has 0 unspecified atom stereocenters. The summed E-state index contributed by atoms with van der Waals surface area (Å²) >= 11 is 1.11. The number of nitrogen functional groups attached to an aromatic ring is 1. The van der Waals surface area contributed by atoms with Gasteiger partial charge in [0.1, 0.15) is 5.69 Å². The molecule has 1 atom stereocenters. The van der Waals surface area contributed by atoms with E-state index in [1.54, 1.807) is 6.07 Å². The lowest BCUT2D eigenvalue weighted by atomic mass is 10.1. The van der Waals surface area contributed by atoms with Crippen LogP contribution in [0.2, 0.25) is 0 Å². The maximum atomic E-state index is 12.1. The molecule has 29 heavy (non-hydrogen) atoms. The number of aliphatic hydroxyl groups excluding tert-OH is 1. The summed E-state index contributed by atoms with van der Waals surface area (Å²) in [5.74, 6) is -1.48. The molecule has 0 bridgehead atoms. The zero-order valence-corrected chi connectivity index (χ0v) is 16.5. The normalized spacial score (nSPS) is 11.8. The maximum Gasteiger partial charge on any atom is 0.298 e. The summed E-state index contributed by atoms with van der Waals surface area (Å²) in [6.07, 6.45) is 0.148. The van der Waals surface area contributed by atoms with E-state index in [1.165, 1.54) is 5.38 Å². The topological polar surface area (TPSA) is 117 Å². The van der Waals surface area contributed by atoms with Crippen molar-refractivity contribution >= 4 is 33.8 Å². The van der Waals surface area contributed by atoms with E-state index in [2.05, 4.69) is 15.6 Å². The van der Waals surface area contributed by atoms with Crippen LogP contribution in [0.3, 0.4) is 0 Å². The molecule has 0 saturated heterocycles. The van der Waals surface area contributed by atoms with Gasteiger partial charge in [-0.15, -0.1) is 11.3 Å². The van der Waals surface area contributed by atoms with Crippen molar-refractivity contribution in [2.75, 3.05) is 24.1 Å². The summed E-state index contributed by atoms with van der Waals surface area (Å²) in [6.45, 7) is 1.12. The molecule has 3 aromatic rings. The van der Waals surface area contributed by atoms with E-state index in [0.29, 0.717) is 25.2 Å². The minimum atomic E-state index is -0.753. The molecule has 0 saturated carbocycles. The van der Waals surface area contributed by atoms with Gasteiger partial charge in [-0.25, -0.2) is 4.98 Å². The van der Waals surface area contributed by atoms with Crippen LogP contribution >= 0.6 is 11.3 Å². The zero-order valence-electron chi connectivity index (χ0n) is 15.7. The van der Waals surface area contributed by atoms with Crippen LogP contribution in [-0.2, 0) is 11.2 Å². The van der Waals surface area contributed by atoms with Crippen LogP contribution in [0.15, 0.2) is 60.0 Å². The van der Waals surface area contributed by atoms with Gasteiger partial charge in [0.2, 0.25) is 0 Å². The highest BCUT2D eigenvalue weighted by Gasteiger charge is 2.19. The number of rotatable bonds is 9. The molecule has 1 amide bonds. The standard InChI is InChI=1S/C21H22N4O3S/c22-21-25-17(13-29-21)19(27)20(28)24-16-8-4-5-14(11-16)9-10-23-12-18(26)15-6-2-1-3-7-15/h1-8,11,13,18,23,26H,9-10,12H2,(H2,22,25)(H,24,28)/t18-/m0/s1. The van der Waals surface area contributed by atoms with Crippen molar-refractivity contribution in [1.82, 2.24) is 10.3 Å². The number of aliphatic hydroxyl groups is 1. The Labute approximate surface area is 172 Å². The van der Waals surface area contributed by atoms with Crippen LogP contribution in [0.25, 0.3) is 0 Å². The first-order chi connectivity index (χ1) is 14.0. The molecule has 3 rings (SSSR count). The van der Waals surface area contributed by atoms with Gasteiger partial charge in [-0.3, -0.25) is 9.59 Å². The minimum Gasteiger partial charge on any atom is -0.387 e. The molecule has 1 aromatic heterocycles. The van der Waals surface area contributed by atoms with Crippen LogP contribution in [0.4, 0.5) is 10.8 Å². The maximum absolute atomic E-state index is 12.1.